The fourth-order valence-corrected chi connectivity index (χ4v) is 2.89. The maximum absolute atomic E-state index is 5.23. The fourth-order valence-electron chi connectivity index (χ4n) is 2.89. The molecule has 0 saturated heterocycles. The number of nitrogens with one attached hydrogen (secondary N) is 1. The molecular formula is C17H22N2O. The van der Waals surface area contributed by atoms with E-state index in [9.17, 15) is 0 Å². The molecule has 0 spiro atoms. The van der Waals surface area contributed by atoms with Gasteiger partial charge in [0.2, 0.25) is 0 Å². The third kappa shape index (κ3) is 2.93. The van der Waals surface area contributed by atoms with Gasteiger partial charge in [0.15, 0.2) is 5.76 Å². The van der Waals surface area contributed by atoms with Gasteiger partial charge in [-0.1, -0.05) is 23.4 Å². The van der Waals surface area contributed by atoms with Gasteiger partial charge < -0.3 is 9.84 Å². The van der Waals surface area contributed by atoms with Crippen molar-refractivity contribution >= 4 is 0 Å². The monoisotopic (exact) mass is 270 g/mol. The topological polar surface area (TPSA) is 38.1 Å². The van der Waals surface area contributed by atoms with Gasteiger partial charge in [0.05, 0.1) is 12.2 Å². The summed E-state index contributed by atoms with van der Waals surface area (Å²) >= 11 is 0. The first-order valence-corrected chi connectivity index (χ1v) is 7.49. The summed E-state index contributed by atoms with van der Waals surface area (Å²) in [7, 11) is 0. The molecule has 0 radical (unpaired) electrons. The van der Waals surface area contributed by atoms with E-state index in [-0.39, 0.29) is 0 Å². The molecule has 3 heteroatoms. The highest BCUT2D eigenvalue weighted by Gasteiger charge is 2.12. The molecule has 20 heavy (non-hydrogen) atoms. The molecule has 1 N–H and O–H groups in total. The molecule has 1 unspecified atom stereocenters. The smallest absolute Gasteiger partial charge is 0.150 e. The number of aromatic nitrogens is 1. The van der Waals surface area contributed by atoms with E-state index >= 15 is 0 Å². The Balaban J connectivity index is 1.66. The largest absolute Gasteiger partial charge is 0.360 e. The van der Waals surface area contributed by atoms with Gasteiger partial charge in [-0.2, -0.15) is 0 Å². The van der Waals surface area contributed by atoms with E-state index in [4.69, 9.17) is 4.52 Å². The molecule has 3 nitrogen and oxygen atoms in total. The minimum Gasteiger partial charge on any atom is -0.360 e. The van der Waals surface area contributed by atoms with Crippen molar-refractivity contribution in [3.8, 4) is 0 Å². The first-order chi connectivity index (χ1) is 9.72. The summed E-state index contributed by atoms with van der Waals surface area (Å²) in [6.45, 7) is 4.87. The van der Waals surface area contributed by atoms with Gasteiger partial charge >= 0.3 is 0 Å². The Kier molecular flexibility index (Phi) is 3.88. The minimum absolute atomic E-state index is 0.327. The van der Waals surface area contributed by atoms with E-state index in [1.807, 2.05) is 13.0 Å². The molecule has 0 bridgehead atoms. The van der Waals surface area contributed by atoms with Gasteiger partial charge in [-0.3, -0.25) is 0 Å². The summed E-state index contributed by atoms with van der Waals surface area (Å²) in [5.41, 5.74) is 5.38. The molecule has 1 atom stereocenters. The summed E-state index contributed by atoms with van der Waals surface area (Å²) in [6.07, 6.45) is 5.15. The van der Waals surface area contributed by atoms with Crippen LogP contribution in [0.15, 0.2) is 28.8 Å². The average molecular weight is 270 g/mol. The zero-order chi connectivity index (χ0) is 13.9. The lowest BCUT2D eigenvalue weighted by molar-refractivity contribution is 0.363. The fraction of sp³-hybridized carbons (Fsp3) is 0.471. The minimum atomic E-state index is 0.327. The van der Waals surface area contributed by atoms with Crippen molar-refractivity contribution in [2.45, 2.75) is 52.1 Å². The van der Waals surface area contributed by atoms with Gasteiger partial charge in [-0.05, 0) is 56.2 Å². The predicted octanol–water partition coefficient (Wildman–Crippen LogP) is 3.71. The molecular weight excluding hydrogens is 248 g/mol. The molecule has 0 fully saturated rings. The lowest BCUT2D eigenvalue weighted by atomic mass is 9.89. The number of nitrogens with zero attached hydrogens (tertiary/aromatic N) is 1. The van der Waals surface area contributed by atoms with E-state index in [1.165, 1.54) is 42.4 Å². The molecule has 0 aliphatic heterocycles. The summed E-state index contributed by atoms with van der Waals surface area (Å²) < 4.78 is 5.23. The van der Waals surface area contributed by atoms with Crippen molar-refractivity contribution in [2.24, 2.45) is 0 Å². The van der Waals surface area contributed by atoms with Gasteiger partial charge in [-0.25, -0.2) is 0 Å². The molecule has 1 heterocycles. The van der Waals surface area contributed by atoms with Crippen molar-refractivity contribution in [3.63, 3.8) is 0 Å². The zero-order valence-electron chi connectivity index (χ0n) is 12.3. The summed E-state index contributed by atoms with van der Waals surface area (Å²) in [4.78, 5) is 0. The first kappa shape index (κ1) is 13.4. The zero-order valence-corrected chi connectivity index (χ0v) is 12.3. The standard InChI is InChI=1S/C17H22N2O/c1-12-9-17(20-19-12)11-18-13(2)15-8-7-14-5-3-4-6-16(14)10-15/h7-10,13,18H,3-6,11H2,1-2H3. The molecule has 1 aromatic heterocycles. The third-order valence-electron chi connectivity index (χ3n) is 4.13. The van der Waals surface area contributed by atoms with Crippen LogP contribution in [-0.4, -0.2) is 5.16 Å². The van der Waals surface area contributed by atoms with E-state index in [1.54, 1.807) is 0 Å². The quantitative estimate of drug-likeness (QED) is 0.920. The van der Waals surface area contributed by atoms with Crippen LogP contribution in [0.3, 0.4) is 0 Å². The van der Waals surface area contributed by atoms with Crippen LogP contribution in [0.4, 0.5) is 0 Å². The summed E-state index contributed by atoms with van der Waals surface area (Å²) in [5, 5.41) is 7.41. The maximum atomic E-state index is 5.23. The van der Waals surface area contributed by atoms with Crippen molar-refractivity contribution in [2.75, 3.05) is 0 Å². The normalized spacial score (nSPS) is 15.9. The molecule has 106 valence electrons. The Morgan fingerprint density at radius 2 is 2.00 bits per heavy atom. The third-order valence-corrected chi connectivity index (χ3v) is 4.13. The predicted molar refractivity (Wildman–Crippen MR) is 79.6 cm³/mol. The molecule has 1 aromatic carbocycles. The lowest BCUT2D eigenvalue weighted by Crippen LogP contribution is -2.18. The van der Waals surface area contributed by atoms with Crippen LogP contribution in [0.2, 0.25) is 0 Å². The van der Waals surface area contributed by atoms with Crippen LogP contribution in [-0.2, 0) is 19.4 Å². The molecule has 0 saturated carbocycles. The van der Waals surface area contributed by atoms with Crippen LogP contribution in [0.1, 0.15) is 54.0 Å². The van der Waals surface area contributed by atoms with Crippen molar-refractivity contribution < 1.29 is 4.52 Å². The van der Waals surface area contributed by atoms with E-state index in [2.05, 4.69) is 35.6 Å². The number of aryl methyl sites for hydroxylation is 3. The maximum Gasteiger partial charge on any atom is 0.150 e. The highest BCUT2D eigenvalue weighted by atomic mass is 16.5. The lowest BCUT2D eigenvalue weighted by Gasteiger charge is -2.19. The second kappa shape index (κ2) is 5.80. The van der Waals surface area contributed by atoms with Crippen LogP contribution < -0.4 is 5.32 Å². The van der Waals surface area contributed by atoms with E-state index in [0.29, 0.717) is 6.04 Å². The second-order valence-electron chi connectivity index (χ2n) is 5.77. The number of hydrogen-bond donors (Lipinski definition) is 1. The second-order valence-corrected chi connectivity index (χ2v) is 5.77. The molecule has 1 aliphatic carbocycles. The number of benzene rings is 1. The van der Waals surface area contributed by atoms with Gasteiger partial charge in [-0.15, -0.1) is 0 Å². The SMILES string of the molecule is Cc1cc(CNC(C)c2ccc3c(c2)CCCC3)on1. The van der Waals surface area contributed by atoms with Crippen molar-refractivity contribution in [3.05, 3.63) is 52.4 Å². The Morgan fingerprint density at radius 3 is 2.75 bits per heavy atom. The molecule has 0 amide bonds. The van der Waals surface area contributed by atoms with Crippen molar-refractivity contribution in [1.82, 2.24) is 10.5 Å². The van der Waals surface area contributed by atoms with E-state index < -0.39 is 0 Å². The highest BCUT2D eigenvalue weighted by molar-refractivity contribution is 5.35. The Bertz CT molecular complexity index is 588. The average Bonchev–Trinajstić information content (AvgIpc) is 2.90. The van der Waals surface area contributed by atoms with Gasteiger partial charge in [0, 0.05) is 12.1 Å². The number of fused-ring (bicyclic) bond motifs is 1. The van der Waals surface area contributed by atoms with Crippen LogP contribution in [0.25, 0.3) is 0 Å². The Labute approximate surface area is 120 Å². The molecule has 3 rings (SSSR count). The van der Waals surface area contributed by atoms with Crippen LogP contribution in [0.5, 0.6) is 0 Å². The first-order valence-electron chi connectivity index (χ1n) is 7.49. The Hall–Kier alpha value is -1.61. The number of hydrogen-bond acceptors (Lipinski definition) is 3. The van der Waals surface area contributed by atoms with Gasteiger partial charge in [0.1, 0.15) is 0 Å². The molecule has 2 aromatic rings. The summed E-state index contributed by atoms with van der Waals surface area (Å²) in [6, 6.07) is 9.24. The van der Waals surface area contributed by atoms with Crippen LogP contribution >= 0.6 is 0 Å². The summed E-state index contributed by atoms with van der Waals surface area (Å²) in [5.74, 6) is 0.896. The van der Waals surface area contributed by atoms with Crippen LogP contribution in [0, 0.1) is 6.92 Å². The van der Waals surface area contributed by atoms with Crippen molar-refractivity contribution in [1.29, 1.82) is 0 Å². The van der Waals surface area contributed by atoms with E-state index in [0.717, 1.165) is 18.0 Å². The molecule has 1 aliphatic rings. The number of rotatable bonds is 4. The Morgan fingerprint density at radius 1 is 1.20 bits per heavy atom. The van der Waals surface area contributed by atoms with Gasteiger partial charge in [0.25, 0.3) is 0 Å². The highest BCUT2D eigenvalue weighted by Crippen LogP contribution is 2.24.